The van der Waals surface area contributed by atoms with Crippen molar-refractivity contribution < 1.29 is 19.1 Å². The van der Waals surface area contributed by atoms with Gasteiger partial charge in [0.15, 0.2) is 6.61 Å². The molecule has 0 aliphatic carbocycles. The number of carbonyl (C=O) groups excluding carboxylic acids is 2. The van der Waals surface area contributed by atoms with E-state index >= 15 is 0 Å². The van der Waals surface area contributed by atoms with Crippen LogP contribution in [0.5, 0.6) is 11.5 Å². The molecule has 0 N–H and O–H groups in total. The van der Waals surface area contributed by atoms with E-state index in [0.717, 1.165) is 11.3 Å². The molecule has 2 amide bonds. The molecule has 0 bridgehead atoms. The number of rotatable bonds is 4. The van der Waals surface area contributed by atoms with E-state index in [-0.39, 0.29) is 30.4 Å². The lowest BCUT2D eigenvalue weighted by Crippen LogP contribution is -2.52. The number of amides is 2. The Bertz CT molecular complexity index is 870. The highest BCUT2D eigenvalue weighted by molar-refractivity contribution is 5.81. The van der Waals surface area contributed by atoms with Crippen LogP contribution < -0.4 is 9.47 Å². The molecule has 0 spiro atoms. The minimum absolute atomic E-state index is 0.0229. The first-order valence-corrected chi connectivity index (χ1v) is 10.1. The first-order valence-electron chi connectivity index (χ1n) is 10.1. The zero-order valence-corrected chi connectivity index (χ0v) is 16.6. The first kappa shape index (κ1) is 19.3. The fourth-order valence-corrected chi connectivity index (χ4v) is 4.20. The Morgan fingerprint density at radius 3 is 2.69 bits per heavy atom. The van der Waals surface area contributed by atoms with Crippen molar-refractivity contribution in [1.82, 2.24) is 9.80 Å². The van der Waals surface area contributed by atoms with Crippen molar-refractivity contribution in [3.8, 4) is 11.5 Å². The third-order valence-electron chi connectivity index (χ3n) is 5.65. The van der Waals surface area contributed by atoms with E-state index in [1.807, 2.05) is 71.3 Å². The maximum absolute atomic E-state index is 13.2. The standard InChI is InChI=1S/C23H26N2O4/c1-2-24-14-17-15-29-20-11-7-6-10-19(20)23(17)25(13-12-21(24)26)22(27)16-28-18-8-4-3-5-9-18/h3-11,17,23H,2,12-16H2,1H3/t17-,23-/m0/s1. The Hall–Kier alpha value is -3.02. The van der Waals surface area contributed by atoms with Gasteiger partial charge in [0.1, 0.15) is 11.5 Å². The summed E-state index contributed by atoms with van der Waals surface area (Å²) < 4.78 is 11.7. The highest BCUT2D eigenvalue weighted by atomic mass is 16.5. The second-order valence-corrected chi connectivity index (χ2v) is 7.42. The number of benzene rings is 2. The van der Waals surface area contributed by atoms with Crippen molar-refractivity contribution in [1.29, 1.82) is 0 Å². The summed E-state index contributed by atoms with van der Waals surface area (Å²) in [6.45, 7) is 4.04. The number of nitrogens with zero attached hydrogens (tertiary/aromatic N) is 2. The van der Waals surface area contributed by atoms with Gasteiger partial charge in [0.2, 0.25) is 5.91 Å². The van der Waals surface area contributed by atoms with E-state index in [4.69, 9.17) is 9.47 Å². The summed E-state index contributed by atoms with van der Waals surface area (Å²) in [7, 11) is 0. The highest BCUT2D eigenvalue weighted by Gasteiger charge is 2.40. The van der Waals surface area contributed by atoms with Crippen LogP contribution in [0.3, 0.4) is 0 Å². The molecule has 2 atom stereocenters. The molecule has 6 nitrogen and oxygen atoms in total. The summed E-state index contributed by atoms with van der Waals surface area (Å²) >= 11 is 0. The van der Waals surface area contributed by atoms with Crippen LogP contribution >= 0.6 is 0 Å². The minimum Gasteiger partial charge on any atom is -0.493 e. The molecule has 2 aromatic rings. The summed E-state index contributed by atoms with van der Waals surface area (Å²) in [6, 6.07) is 17.0. The van der Waals surface area contributed by atoms with E-state index in [2.05, 4.69) is 0 Å². The summed E-state index contributed by atoms with van der Waals surface area (Å²) in [5, 5.41) is 0. The summed E-state index contributed by atoms with van der Waals surface area (Å²) in [5.41, 5.74) is 1.00. The summed E-state index contributed by atoms with van der Waals surface area (Å²) in [6.07, 6.45) is 0.317. The Labute approximate surface area is 171 Å². The molecule has 1 saturated heterocycles. The van der Waals surface area contributed by atoms with Crippen LogP contribution in [0.25, 0.3) is 0 Å². The number of hydrogen-bond acceptors (Lipinski definition) is 4. The van der Waals surface area contributed by atoms with Gasteiger partial charge in [0, 0.05) is 37.5 Å². The lowest BCUT2D eigenvalue weighted by molar-refractivity contribution is -0.143. The fourth-order valence-electron chi connectivity index (χ4n) is 4.20. The van der Waals surface area contributed by atoms with Gasteiger partial charge in [-0.05, 0) is 25.1 Å². The zero-order valence-electron chi connectivity index (χ0n) is 16.6. The number of ether oxygens (including phenoxy) is 2. The number of para-hydroxylation sites is 2. The lowest BCUT2D eigenvalue weighted by Gasteiger charge is -2.44. The van der Waals surface area contributed by atoms with E-state index in [1.54, 1.807) is 0 Å². The van der Waals surface area contributed by atoms with Gasteiger partial charge in [-0.2, -0.15) is 0 Å². The van der Waals surface area contributed by atoms with Gasteiger partial charge < -0.3 is 19.3 Å². The molecule has 0 aromatic heterocycles. The van der Waals surface area contributed by atoms with Crippen LogP contribution in [0.2, 0.25) is 0 Å². The predicted octanol–water partition coefficient (Wildman–Crippen LogP) is 2.90. The maximum atomic E-state index is 13.2. The Morgan fingerprint density at radius 2 is 1.90 bits per heavy atom. The largest absolute Gasteiger partial charge is 0.493 e. The zero-order chi connectivity index (χ0) is 20.2. The van der Waals surface area contributed by atoms with Gasteiger partial charge >= 0.3 is 0 Å². The molecule has 6 heteroatoms. The van der Waals surface area contributed by atoms with Crippen LogP contribution in [0, 0.1) is 5.92 Å². The predicted molar refractivity (Wildman–Crippen MR) is 109 cm³/mol. The Balaban J connectivity index is 1.61. The third kappa shape index (κ3) is 4.06. The van der Waals surface area contributed by atoms with E-state index in [0.29, 0.717) is 38.4 Å². The van der Waals surface area contributed by atoms with Crippen molar-refractivity contribution in [3.63, 3.8) is 0 Å². The number of carbonyl (C=O) groups is 2. The topological polar surface area (TPSA) is 59.1 Å². The van der Waals surface area contributed by atoms with Crippen molar-refractivity contribution in [2.45, 2.75) is 19.4 Å². The quantitative estimate of drug-likeness (QED) is 0.800. The molecular formula is C23H26N2O4. The highest BCUT2D eigenvalue weighted by Crippen LogP contribution is 2.40. The SMILES string of the molecule is CCN1C[C@H]2COc3ccccc3[C@H]2N(C(=O)COc2ccccc2)CCC1=O. The number of fused-ring (bicyclic) bond motifs is 3. The molecular weight excluding hydrogens is 368 g/mol. The van der Waals surface area contributed by atoms with Crippen molar-refractivity contribution in [2.75, 3.05) is 32.8 Å². The molecule has 0 radical (unpaired) electrons. The molecule has 0 unspecified atom stereocenters. The average molecular weight is 394 g/mol. The molecule has 2 heterocycles. The second kappa shape index (κ2) is 8.55. The number of hydrogen-bond donors (Lipinski definition) is 0. The van der Waals surface area contributed by atoms with E-state index in [1.165, 1.54) is 0 Å². The van der Waals surface area contributed by atoms with Crippen molar-refractivity contribution >= 4 is 11.8 Å². The van der Waals surface area contributed by atoms with E-state index < -0.39 is 0 Å². The minimum atomic E-state index is -0.131. The Morgan fingerprint density at radius 1 is 1.14 bits per heavy atom. The molecule has 0 saturated carbocycles. The van der Waals surface area contributed by atoms with Gasteiger partial charge in [-0.25, -0.2) is 0 Å². The molecule has 2 aliphatic heterocycles. The van der Waals surface area contributed by atoms with Gasteiger partial charge in [-0.1, -0.05) is 36.4 Å². The van der Waals surface area contributed by atoms with Crippen LogP contribution in [-0.4, -0.2) is 54.5 Å². The van der Waals surface area contributed by atoms with Gasteiger partial charge in [-0.15, -0.1) is 0 Å². The van der Waals surface area contributed by atoms with Crippen LogP contribution in [-0.2, 0) is 9.59 Å². The lowest BCUT2D eigenvalue weighted by atomic mass is 9.87. The van der Waals surface area contributed by atoms with Crippen LogP contribution in [0.4, 0.5) is 0 Å². The van der Waals surface area contributed by atoms with Crippen molar-refractivity contribution in [2.24, 2.45) is 5.92 Å². The average Bonchev–Trinajstić information content (AvgIpc) is 2.76. The van der Waals surface area contributed by atoms with Crippen LogP contribution in [0.15, 0.2) is 54.6 Å². The van der Waals surface area contributed by atoms with Crippen molar-refractivity contribution in [3.05, 3.63) is 60.2 Å². The monoisotopic (exact) mass is 394 g/mol. The van der Waals surface area contributed by atoms with Gasteiger partial charge in [0.25, 0.3) is 5.91 Å². The smallest absolute Gasteiger partial charge is 0.261 e. The molecule has 152 valence electrons. The molecule has 1 fully saturated rings. The normalized spacial score (nSPS) is 21.3. The summed E-state index contributed by atoms with van der Waals surface area (Å²) in [4.78, 5) is 29.5. The molecule has 4 rings (SSSR count). The fraction of sp³-hybridized carbons (Fsp3) is 0.391. The third-order valence-corrected chi connectivity index (χ3v) is 5.65. The maximum Gasteiger partial charge on any atom is 0.261 e. The molecule has 2 aromatic carbocycles. The summed E-state index contributed by atoms with van der Waals surface area (Å²) in [5.74, 6) is 1.45. The molecule has 2 aliphatic rings. The first-order chi connectivity index (χ1) is 14.2. The van der Waals surface area contributed by atoms with E-state index in [9.17, 15) is 9.59 Å². The second-order valence-electron chi connectivity index (χ2n) is 7.42. The Kier molecular flexibility index (Phi) is 5.69. The van der Waals surface area contributed by atoms with Gasteiger partial charge in [-0.3, -0.25) is 9.59 Å². The molecule has 29 heavy (non-hydrogen) atoms. The van der Waals surface area contributed by atoms with Gasteiger partial charge in [0.05, 0.1) is 12.6 Å². The van der Waals surface area contributed by atoms with Crippen LogP contribution in [0.1, 0.15) is 24.9 Å².